The summed E-state index contributed by atoms with van der Waals surface area (Å²) >= 11 is 0. The van der Waals surface area contributed by atoms with Gasteiger partial charge >= 0.3 is 7.82 Å². The van der Waals surface area contributed by atoms with Crippen molar-refractivity contribution in [3.63, 3.8) is 0 Å². The summed E-state index contributed by atoms with van der Waals surface area (Å²) in [5, 5.41) is 0. The van der Waals surface area contributed by atoms with E-state index in [1.54, 1.807) is 0 Å². The van der Waals surface area contributed by atoms with Crippen LogP contribution in [-0.4, -0.2) is 19.8 Å². The molecule has 0 aliphatic carbocycles. The number of unbranched alkanes of at least 4 members (excludes halogenated alkanes) is 21. The van der Waals surface area contributed by atoms with E-state index in [4.69, 9.17) is 13.6 Å². The highest BCUT2D eigenvalue weighted by Gasteiger charge is 2.30. The van der Waals surface area contributed by atoms with Gasteiger partial charge in [0.15, 0.2) is 0 Å². The van der Waals surface area contributed by atoms with Crippen molar-refractivity contribution in [3.8, 4) is 0 Å². The summed E-state index contributed by atoms with van der Waals surface area (Å²) in [5.41, 5.74) is 0. The molecule has 0 aliphatic rings. The Morgan fingerprint density at radius 2 is 0.553 bits per heavy atom. The summed E-state index contributed by atoms with van der Waals surface area (Å²) in [6, 6.07) is 0. The lowest BCUT2D eigenvalue weighted by Crippen LogP contribution is -2.16. The molecule has 0 aromatic heterocycles. The minimum Gasteiger partial charge on any atom is -0.287 e. The van der Waals surface area contributed by atoms with Gasteiger partial charge in [-0.05, 0) is 37.0 Å². The zero-order chi connectivity index (χ0) is 34.7. The van der Waals surface area contributed by atoms with Crippen LogP contribution in [0.3, 0.4) is 0 Å². The van der Waals surface area contributed by atoms with E-state index < -0.39 is 7.82 Å². The minimum atomic E-state index is -3.60. The van der Waals surface area contributed by atoms with Gasteiger partial charge in [-0.15, -0.1) is 0 Å². The molecule has 47 heavy (non-hydrogen) atoms. The molecule has 284 valence electrons. The van der Waals surface area contributed by atoms with Crippen molar-refractivity contribution < 1.29 is 18.1 Å². The van der Waals surface area contributed by atoms with Gasteiger partial charge in [0.1, 0.15) is 0 Å². The van der Waals surface area contributed by atoms with Crippen molar-refractivity contribution in [3.05, 3.63) is 0 Å². The van der Waals surface area contributed by atoms with Crippen LogP contribution in [0, 0.1) is 17.8 Å². The molecule has 0 fully saturated rings. The van der Waals surface area contributed by atoms with E-state index in [2.05, 4.69) is 41.5 Å². The monoisotopic (exact) mass is 687 g/mol. The van der Waals surface area contributed by atoms with Crippen LogP contribution in [0.1, 0.15) is 234 Å². The van der Waals surface area contributed by atoms with Crippen molar-refractivity contribution >= 4 is 7.82 Å². The normalized spacial score (nSPS) is 15.1. The second-order valence-corrected chi connectivity index (χ2v) is 16.6. The van der Waals surface area contributed by atoms with Crippen LogP contribution >= 0.6 is 7.82 Å². The highest BCUT2D eigenvalue weighted by molar-refractivity contribution is 7.48. The zero-order valence-corrected chi connectivity index (χ0v) is 34.0. The highest BCUT2D eigenvalue weighted by Crippen LogP contribution is 2.51. The van der Waals surface area contributed by atoms with Gasteiger partial charge in [-0.3, -0.25) is 13.6 Å². The summed E-state index contributed by atoms with van der Waals surface area (Å²) in [5.74, 6) is 1.23. The van der Waals surface area contributed by atoms with Crippen molar-refractivity contribution in [1.29, 1.82) is 0 Å². The van der Waals surface area contributed by atoms with Crippen LogP contribution in [0.5, 0.6) is 0 Å². The molecule has 0 aromatic carbocycles. The summed E-state index contributed by atoms with van der Waals surface area (Å²) in [4.78, 5) is 0. The van der Waals surface area contributed by atoms with Gasteiger partial charge in [0, 0.05) is 0 Å². The molecule has 0 amide bonds. The fourth-order valence-corrected chi connectivity index (χ4v) is 8.02. The largest absolute Gasteiger partial charge is 0.474 e. The molecule has 3 atom stereocenters. The maximum absolute atomic E-state index is 14.1. The van der Waals surface area contributed by atoms with Gasteiger partial charge in [-0.2, -0.15) is 0 Å². The quantitative estimate of drug-likeness (QED) is 0.0477. The van der Waals surface area contributed by atoms with Gasteiger partial charge < -0.3 is 0 Å². The molecular weight excluding hydrogens is 599 g/mol. The van der Waals surface area contributed by atoms with Crippen molar-refractivity contribution in [2.45, 2.75) is 234 Å². The van der Waals surface area contributed by atoms with Gasteiger partial charge in [0.2, 0.25) is 0 Å². The summed E-state index contributed by atoms with van der Waals surface area (Å²) in [6.45, 7) is 15.0. The van der Waals surface area contributed by atoms with E-state index in [0.717, 1.165) is 38.5 Å². The molecule has 0 radical (unpaired) electrons. The van der Waals surface area contributed by atoms with Crippen LogP contribution in [-0.2, 0) is 18.1 Å². The number of hydrogen-bond acceptors (Lipinski definition) is 4. The van der Waals surface area contributed by atoms with E-state index in [0.29, 0.717) is 37.6 Å². The number of rotatable bonds is 39. The molecule has 0 aromatic rings. The summed E-state index contributed by atoms with van der Waals surface area (Å²) in [6.07, 6.45) is 38.5. The Hall–Kier alpha value is 0.110. The Kier molecular flexibility index (Phi) is 36.0. The van der Waals surface area contributed by atoms with Gasteiger partial charge in [-0.1, -0.05) is 215 Å². The average molecular weight is 687 g/mol. The van der Waals surface area contributed by atoms with Crippen LogP contribution in [0.4, 0.5) is 0 Å². The summed E-state index contributed by atoms with van der Waals surface area (Å²) in [7, 11) is -3.60. The van der Waals surface area contributed by atoms with E-state index in [1.165, 1.54) is 154 Å². The molecule has 0 spiro atoms. The molecule has 0 heterocycles. The Bertz CT molecular complexity index is 571. The highest BCUT2D eigenvalue weighted by atomic mass is 31.2. The van der Waals surface area contributed by atoms with Crippen LogP contribution in [0.15, 0.2) is 0 Å². The zero-order valence-electron chi connectivity index (χ0n) is 33.1. The second kappa shape index (κ2) is 35.9. The molecule has 3 unspecified atom stereocenters. The Morgan fingerprint density at radius 1 is 0.340 bits per heavy atom. The van der Waals surface area contributed by atoms with Crippen LogP contribution < -0.4 is 0 Å². The van der Waals surface area contributed by atoms with Gasteiger partial charge in [0.05, 0.1) is 19.8 Å². The lowest BCUT2D eigenvalue weighted by Gasteiger charge is -2.25. The van der Waals surface area contributed by atoms with Crippen molar-refractivity contribution in [1.82, 2.24) is 0 Å². The fraction of sp³-hybridized carbons (Fsp3) is 1.00. The second-order valence-electron chi connectivity index (χ2n) is 14.9. The molecular formula is C42H87O4P. The lowest BCUT2D eigenvalue weighted by molar-refractivity contribution is 0.0730. The Balaban J connectivity index is 4.86. The first-order chi connectivity index (χ1) is 23.0. The third kappa shape index (κ3) is 30.6. The first kappa shape index (κ1) is 47.1. The topological polar surface area (TPSA) is 44.8 Å². The predicted molar refractivity (Wildman–Crippen MR) is 208 cm³/mol. The smallest absolute Gasteiger partial charge is 0.287 e. The van der Waals surface area contributed by atoms with E-state index in [9.17, 15) is 4.57 Å². The SMILES string of the molecule is CCCCCCCCCCC(CC)COP(=O)(OCC(CC)CCCCCCCCCC)OCC(CC)CCCCCCCCCC. The third-order valence-electron chi connectivity index (χ3n) is 10.5. The molecule has 0 N–H and O–H groups in total. The standard InChI is InChI=1S/C42H87O4P/c1-7-13-16-19-22-25-28-31-34-40(10-4)37-44-47(43,45-38-41(11-5)35-32-29-26-23-20-17-14-8-2)46-39-42(12-6)36-33-30-27-24-21-18-15-9-3/h40-42H,7-39H2,1-6H3. The molecule has 0 saturated heterocycles. The minimum absolute atomic E-state index is 0.411. The summed E-state index contributed by atoms with van der Waals surface area (Å²) < 4.78 is 32.7. The maximum Gasteiger partial charge on any atom is 0.474 e. The average Bonchev–Trinajstić information content (AvgIpc) is 3.08. The number of phosphoric acid groups is 1. The van der Waals surface area contributed by atoms with Gasteiger partial charge in [-0.25, -0.2) is 4.57 Å². The molecule has 0 bridgehead atoms. The number of hydrogen-bond donors (Lipinski definition) is 0. The molecule has 0 aliphatic heterocycles. The van der Waals surface area contributed by atoms with E-state index in [-0.39, 0.29) is 0 Å². The molecule has 0 rings (SSSR count). The predicted octanol–water partition coefficient (Wildman–Crippen LogP) is 15.8. The Morgan fingerprint density at radius 3 is 0.766 bits per heavy atom. The first-order valence-electron chi connectivity index (χ1n) is 21.5. The molecule has 4 nitrogen and oxygen atoms in total. The third-order valence-corrected chi connectivity index (χ3v) is 11.9. The first-order valence-corrected chi connectivity index (χ1v) is 23.0. The van der Waals surface area contributed by atoms with Crippen molar-refractivity contribution in [2.75, 3.05) is 19.8 Å². The fourth-order valence-electron chi connectivity index (χ4n) is 6.62. The van der Waals surface area contributed by atoms with E-state index in [1.807, 2.05) is 0 Å². The maximum atomic E-state index is 14.1. The van der Waals surface area contributed by atoms with E-state index >= 15 is 0 Å². The van der Waals surface area contributed by atoms with Gasteiger partial charge in [0.25, 0.3) is 0 Å². The Labute approximate surface area is 297 Å². The van der Waals surface area contributed by atoms with Crippen molar-refractivity contribution in [2.24, 2.45) is 17.8 Å². The molecule has 0 saturated carbocycles. The van der Waals surface area contributed by atoms with Crippen LogP contribution in [0.25, 0.3) is 0 Å². The molecule has 5 heteroatoms. The lowest BCUT2D eigenvalue weighted by atomic mass is 9.98. The number of phosphoric ester groups is 1. The van der Waals surface area contributed by atoms with Crippen LogP contribution in [0.2, 0.25) is 0 Å².